The van der Waals surface area contributed by atoms with Crippen LogP contribution in [0.15, 0.2) is 53.1 Å². The molecule has 1 N–H and O–H groups in total. The first-order valence-electron chi connectivity index (χ1n) is 6.94. The topological polar surface area (TPSA) is 25.2 Å². The lowest BCUT2D eigenvalue weighted by molar-refractivity contribution is 0.308. The molecule has 2 aromatic rings. The lowest BCUT2D eigenvalue weighted by Crippen LogP contribution is -2.32. The van der Waals surface area contributed by atoms with Gasteiger partial charge in [-0.1, -0.05) is 51.1 Å². The van der Waals surface area contributed by atoms with Gasteiger partial charge < -0.3 is 9.73 Å². The van der Waals surface area contributed by atoms with Crippen LogP contribution in [0.2, 0.25) is 0 Å². The highest BCUT2D eigenvalue weighted by molar-refractivity contribution is 5.26. The van der Waals surface area contributed by atoms with E-state index in [1.165, 1.54) is 5.56 Å². The van der Waals surface area contributed by atoms with Gasteiger partial charge in [0, 0.05) is 6.54 Å². The van der Waals surface area contributed by atoms with Gasteiger partial charge in [0.15, 0.2) is 0 Å². The highest BCUT2D eigenvalue weighted by atomic mass is 16.3. The number of rotatable bonds is 6. The molecule has 102 valence electrons. The molecule has 0 saturated heterocycles. The van der Waals surface area contributed by atoms with Gasteiger partial charge in [0.25, 0.3) is 0 Å². The Balaban J connectivity index is 2.17. The fourth-order valence-electron chi connectivity index (χ4n) is 1.99. The Morgan fingerprint density at radius 3 is 2.42 bits per heavy atom. The summed E-state index contributed by atoms with van der Waals surface area (Å²) >= 11 is 0. The van der Waals surface area contributed by atoms with E-state index in [1.807, 2.05) is 18.2 Å². The van der Waals surface area contributed by atoms with Crippen molar-refractivity contribution in [1.82, 2.24) is 5.32 Å². The standard InChI is InChI=1S/C17H23NO/c1-4-17(2,3)13-18-16(15-11-8-12-19-15)14-9-6-5-7-10-14/h5-12,16,18H,4,13H2,1-3H3. The van der Waals surface area contributed by atoms with Gasteiger partial charge in [0.2, 0.25) is 0 Å². The van der Waals surface area contributed by atoms with E-state index in [4.69, 9.17) is 4.42 Å². The van der Waals surface area contributed by atoms with Crippen LogP contribution in [0.4, 0.5) is 0 Å². The van der Waals surface area contributed by atoms with Crippen molar-refractivity contribution in [3.05, 3.63) is 60.1 Å². The molecule has 0 saturated carbocycles. The van der Waals surface area contributed by atoms with Crippen molar-refractivity contribution in [3.8, 4) is 0 Å². The molecule has 0 aliphatic heterocycles. The van der Waals surface area contributed by atoms with Crippen LogP contribution in [0.5, 0.6) is 0 Å². The second kappa shape index (κ2) is 6.07. The monoisotopic (exact) mass is 257 g/mol. The molecule has 2 nitrogen and oxygen atoms in total. The Hall–Kier alpha value is -1.54. The van der Waals surface area contributed by atoms with Crippen LogP contribution < -0.4 is 5.32 Å². The minimum absolute atomic E-state index is 0.127. The summed E-state index contributed by atoms with van der Waals surface area (Å²) in [5, 5.41) is 3.64. The number of furan rings is 1. The van der Waals surface area contributed by atoms with Crippen molar-refractivity contribution in [2.24, 2.45) is 5.41 Å². The number of benzene rings is 1. The fourth-order valence-corrected chi connectivity index (χ4v) is 1.99. The Bertz CT molecular complexity index is 473. The molecule has 0 amide bonds. The quantitative estimate of drug-likeness (QED) is 0.830. The van der Waals surface area contributed by atoms with Crippen LogP contribution in [-0.4, -0.2) is 6.54 Å². The average molecular weight is 257 g/mol. The molecule has 0 spiro atoms. The van der Waals surface area contributed by atoms with Gasteiger partial charge in [-0.2, -0.15) is 0 Å². The van der Waals surface area contributed by atoms with Gasteiger partial charge in [-0.25, -0.2) is 0 Å². The van der Waals surface area contributed by atoms with E-state index >= 15 is 0 Å². The first-order valence-corrected chi connectivity index (χ1v) is 6.94. The van der Waals surface area contributed by atoms with Gasteiger partial charge in [0.1, 0.15) is 5.76 Å². The molecule has 0 bridgehead atoms. The molecule has 2 heteroatoms. The van der Waals surface area contributed by atoms with Crippen LogP contribution in [0.25, 0.3) is 0 Å². The Labute approximate surface area is 115 Å². The zero-order valence-electron chi connectivity index (χ0n) is 12.0. The zero-order valence-corrected chi connectivity index (χ0v) is 12.0. The second-order valence-corrected chi connectivity index (χ2v) is 5.76. The normalized spacial score (nSPS) is 13.4. The third-order valence-corrected chi connectivity index (χ3v) is 3.70. The maximum Gasteiger partial charge on any atom is 0.125 e. The summed E-state index contributed by atoms with van der Waals surface area (Å²) in [7, 11) is 0. The zero-order chi connectivity index (χ0) is 13.7. The van der Waals surface area contributed by atoms with E-state index in [9.17, 15) is 0 Å². The molecule has 2 rings (SSSR count). The minimum atomic E-state index is 0.127. The third kappa shape index (κ3) is 3.71. The number of nitrogens with one attached hydrogen (secondary N) is 1. The molecule has 1 aromatic carbocycles. The van der Waals surface area contributed by atoms with Gasteiger partial charge in [-0.3, -0.25) is 0 Å². The molecular weight excluding hydrogens is 234 g/mol. The van der Waals surface area contributed by atoms with Crippen LogP contribution in [0, 0.1) is 5.41 Å². The Morgan fingerprint density at radius 1 is 1.11 bits per heavy atom. The molecular formula is C17H23NO. The molecule has 1 unspecified atom stereocenters. The van der Waals surface area contributed by atoms with Crippen molar-refractivity contribution >= 4 is 0 Å². The van der Waals surface area contributed by atoms with Crippen molar-refractivity contribution in [1.29, 1.82) is 0 Å². The lowest BCUT2D eigenvalue weighted by Gasteiger charge is -2.26. The van der Waals surface area contributed by atoms with Crippen LogP contribution >= 0.6 is 0 Å². The van der Waals surface area contributed by atoms with E-state index in [-0.39, 0.29) is 6.04 Å². The van der Waals surface area contributed by atoms with Crippen molar-refractivity contribution < 1.29 is 4.42 Å². The highest BCUT2D eigenvalue weighted by Crippen LogP contribution is 2.25. The summed E-state index contributed by atoms with van der Waals surface area (Å²) in [6.45, 7) is 7.75. The SMILES string of the molecule is CCC(C)(C)CNC(c1ccccc1)c1ccco1. The maximum atomic E-state index is 5.59. The van der Waals surface area contributed by atoms with Crippen molar-refractivity contribution in [2.75, 3.05) is 6.54 Å². The molecule has 19 heavy (non-hydrogen) atoms. The molecule has 0 aliphatic carbocycles. The summed E-state index contributed by atoms with van der Waals surface area (Å²) in [6.07, 6.45) is 2.89. The summed E-state index contributed by atoms with van der Waals surface area (Å²) in [6, 6.07) is 14.6. The van der Waals surface area contributed by atoms with E-state index < -0.39 is 0 Å². The summed E-state index contributed by atoms with van der Waals surface area (Å²) in [5.41, 5.74) is 1.53. The van der Waals surface area contributed by atoms with Crippen molar-refractivity contribution in [3.63, 3.8) is 0 Å². The van der Waals surface area contributed by atoms with Gasteiger partial charge >= 0.3 is 0 Å². The minimum Gasteiger partial charge on any atom is -0.467 e. The summed E-state index contributed by atoms with van der Waals surface area (Å²) in [5.74, 6) is 0.970. The fraction of sp³-hybridized carbons (Fsp3) is 0.412. The molecule has 0 radical (unpaired) electrons. The molecule has 1 aromatic heterocycles. The predicted octanol–water partition coefficient (Wildman–Crippen LogP) is 4.39. The largest absolute Gasteiger partial charge is 0.467 e. The van der Waals surface area contributed by atoms with Crippen LogP contribution in [-0.2, 0) is 0 Å². The third-order valence-electron chi connectivity index (χ3n) is 3.70. The smallest absolute Gasteiger partial charge is 0.125 e. The van der Waals surface area contributed by atoms with Gasteiger partial charge in [-0.15, -0.1) is 0 Å². The Kier molecular flexibility index (Phi) is 4.43. The van der Waals surface area contributed by atoms with Crippen molar-refractivity contribution in [2.45, 2.75) is 33.2 Å². The predicted molar refractivity (Wildman–Crippen MR) is 79.1 cm³/mol. The summed E-state index contributed by atoms with van der Waals surface area (Å²) in [4.78, 5) is 0. The Morgan fingerprint density at radius 2 is 1.84 bits per heavy atom. The summed E-state index contributed by atoms with van der Waals surface area (Å²) < 4.78 is 5.59. The number of hydrogen-bond acceptors (Lipinski definition) is 2. The van der Waals surface area contributed by atoms with Gasteiger partial charge in [-0.05, 0) is 29.5 Å². The van der Waals surface area contributed by atoms with Gasteiger partial charge in [0.05, 0.1) is 12.3 Å². The number of hydrogen-bond donors (Lipinski definition) is 1. The average Bonchev–Trinajstić information content (AvgIpc) is 2.94. The van der Waals surface area contributed by atoms with E-state index in [0.717, 1.165) is 18.7 Å². The molecule has 0 aliphatic rings. The molecule has 1 heterocycles. The molecule has 0 fully saturated rings. The second-order valence-electron chi connectivity index (χ2n) is 5.76. The van der Waals surface area contributed by atoms with E-state index in [2.05, 4.69) is 50.4 Å². The lowest BCUT2D eigenvalue weighted by atomic mass is 9.89. The molecule has 1 atom stereocenters. The first-order chi connectivity index (χ1) is 9.12. The highest BCUT2D eigenvalue weighted by Gasteiger charge is 2.21. The van der Waals surface area contributed by atoms with E-state index in [1.54, 1.807) is 6.26 Å². The maximum absolute atomic E-state index is 5.59. The first kappa shape index (κ1) is 13.9. The van der Waals surface area contributed by atoms with E-state index in [0.29, 0.717) is 5.41 Å². The van der Waals surface area contributed by atoms with Crippen LogP contribution in [0.3, 0.4) is 0 Å². The van der Waals surface area contributed by atoms with Crippen LogP contribution in [0.1, 0.15) is 44.6 Å².